The van der Waals surface area contributed by atoms with E-state index in [1.165, 1.54) is 8.25 Å². The Balaban J connectivity index is 3.60. The van der Waals surface area contributed by atoms with Gasteiger partial charge in [0.15, 0.2) is 17.5 Å². The summed E-state index contributed by atoms with van der Waals surface area (Å²) in [5, 5.41) is 0. The van der Waals surface area contributed by atoms with E-state index in [0.29, 0.717) is 0 Å². The van der Waals surface area contributed by atoms with E-state index >= 15 is 0 Å². The van der Waals surface area contributed by atoms with Gasteiger partial charge in [0.05, 0.1) is 49.3 Å². The van der Waals surface area contributed by atoms with Gasteiger partial charge < -0.3 is 0 Å². The molecule has 0 spiro atoms. The molecule has 1 aromatic rings. The van der Waals surface area contributed by atoms with Crippen molar-refractivity contribution in [3.8, 4) is 0 Å². The molecule has 1 nitrogen and oxygen atoms in total. The Bertz CT molecular complexity index is 352. The van der Waals surface area contributed by atoms with Crippen molar-refractivity contribution in [3.63, 3.8) is 0 Å². The summed E-state index contributed by atoms with van der Waals surface area (Å²) in [7, 11) is 0. The number of rotatable bonds is 1. The second kappa shape index (κ2) is 4.89. The van der Waals surface area contributed by atoms with E-state index in [0.717, 1.165) is 0 Å². The van der Waals surface area contributed by atoms with Gasteiger partial charge in [-0.25, -0.2) is 13.2 Å². The highest BCUT2D eigenvalue weighted by atomic mass is 127. The van der Waals surface area contributed by atoms with Crippen LogP contribution in [0.2, 0.25) is 0 Å². The molecule has 0 bridgehead atoms. The molecule has 0 atom stereocenters. The molecule has 0 saturated heterocycles. The van der Waals surface area contributed by atoms with Gasteiger partial charge in [-0.15, -0.1) is 0 Å². The fourth-order valence-corrected chi connectivity index (χ4v) is 3.43. The third-order valence-corrected chi connectivity index (χ3v) is 3.58. The lowest BCUT2D eigenvalue weighted by Crippen LogP contribution is -2.05. The molecule has 14 heavy (non-hydrogen) atoms. The molecule has 0 aliphatic heterocycles. The predicted octanol–water partition coefficient (Wildman–Crippen LogP) is 4.52. The van der Waals surface area contributed by atoms with E-state index in [2.05, 4.69) is 0 Å². The first-order chi connectivity index (χ1) is 6.37. The fraction of sp³-hybridized carbons (Fsp3) is 0.143. The van der Waals surface area contributed by atoms with Crippen molar-refractivity contribution in [1.29, 1.82) is 0 Å². The van der Waals surface area contributed by atoms with Crippen LogP contribution in [0.1, 0.15) is 5.56 Å². The van der Waals surface area contributed by atoms with E-state index in [1.54, 1.807) is 68.3 Å². The topological polar surface area (TPSA) is 3.24 Å². The zero-order chi connectivity index (χ0) is 11.0. The van der Waals surface area contributed by atoms with Crippen LogP contribution in [0.25, 0.3) is 0 Å². The highest BCUT2D eigenvalue weighted by molar-refractivity contribution is 14.2. The normalized spacial score (nSPS) is 10.5. The first kappa shape index (κ1) is 13.1. The molecule has 1 aromatic carbocycles. The van der Waals surface area contributed by atoms with Gasteiger partial charge in [-0.05, 0) is 29.5 Å². The van der Waals surface area contributed by atoms with Gasteiger partial charge in [0.25, 0.3) is 0 Å². The minimum absolute atomic E-state index is 0.0491. The minimum atomic E-state index is -1.12. The Kier molecular flexibility index (Phi) is 4.56. The number of nitrogens with zero attached hydrogens (tertiary/aromatic N) is 1. The summed E-state index contributed by atoms with van der Waals surface area (Å²) in [6.45, 7) is 1.21. The molecule has 0 amide bonds. The predicted molar refractivity (Wildman–Crippen MR) is 74.3 cm³/mol. The summed E-state index contributed by atoms with van der Waals surface area (Å²) in [4.78, 5) is 0. The number of halogens is 6. The zero-order valence-electron chi connectivity index (χ0n) is 6.72. The summed E-state index contributed by atoms with van der Waals surface area (Å²) in [6.07, 6.45) is 0. The molecule has 7 heteroatoms. The molecule has 0 aliphatic rings. The molecule has 0 unspecified atom stereocenters. The Morgan fingerprint density at radius 2 is 1.50 bits per heavy atom. The molecule has 0 saturated carbocycles. The second-order valence-corrected chi connectivity index (χ2v) is 7.32. The maximum atomic E-state index is 13.5. The van der Waals surface area contributed by atoms with Gasteiger partial charge in [-0.1, -0.05) is 0 Å². The lowest BCUT2D eigenvalue weighted by Gasteiger charge is -2.14. The van der Waals surface area contributed by atoms with Crippen LogP contribution in [-0.2, 0) is 0 Å². The van der Waals surface area contributed by atoms with Crippen LogP contribution < -0.4 is 1.33 Å². The van der Waals surface area contributed by atoms with E-state index in [-0.39, 0.29) is 14.8 Å². The van der Waals surface area contributed by atoms with Crippen molar-refractivity contribution in [2.75, 3.05) is 1.33 Å². The molecule has 0 radical (unpaired) electrons. The third kappa shape index (κ3) is 2.23. The van der Waals surface area contributed by atoms with Crippen molar-refractivity contribution in [2.24, 2.45) is 0 Å². The maximum Gasteiger partial charge on any atom is 0.174 e. The number of hydrogen-bond acceptors (Lipinski definition) is 1. The van der Waals surface area contributed by atoms with E-state index in [4.69, 9.17) is 0 Å². The van der Waals surface area contributed by atoms with Crippen molar-refractivity contribution in [1.82, 2.24) is 0 Å². The van der Waals surface area contributed by atoms with Crippen molar-refractivity contribution < 1.29 is 13.2 Å². The van der Waals surface area contributed by atoms with Crippen LogP contribution in [-0.4, -0.2) is 0 Å². The summed E-state index contributed by atoms with van der Waals surface area (Å²) in [5.41, 5.74) is -0.237. The van der Waals surface area contributed by atoms with Crippen LogP contribution in [0, 0.1) is 27.9 Å². The molecule has 0 aromatic heterocycles. The SMILES string of the molecule is Cc1c(F)c(F)c(I)c(N(I)I)c1F. The van der Waals surface area contributed by atoms with Crippen molar-refractivity contribution in [2.45, 2.75) is 6.92 Å². The first-order valence-electron chi connectivity index (χ1n) is 3.32. The van der Waals surface area contributed by atoms with Crippen molar-refractivity contribution in [3.05, 3.63) is 26.6 Å². The summed E-state index contributed by atoms with van der Waals surface area (Å²) in [5.74, 6) is -2.85. The number of anilines is 1. The molecular weight excluding hydrogens is 536 g/mol. The highest BCUT2D eigenvalue weighted by Crippen LogP contribution is 2.36. The monoisotopic (exact) mass is 539 g/mol. The van der Waals surface area contributed by atoms with Crippen LogP contribution >= 0.6 is 68.3 Å². The number of hydrogen-bond donors (Lipinski definition) is 0. The Morgan fingerprint density at radius 1 is 1.00 bits per heavy atom. The zero-order valence-corrected chi connectivity index (χ0v) is 13.2. The van der Waals surface area contributed by atoms with E-state index in [9.17, 15) is 13.2 Å². The summed E-state index contributed by atoms with van der Waals surface area (Å²) in [6, 6.07) is 0. The van der Waals surface area contributed by atoms with Gasteiger partial charge in [0.1, 0.15) is 5.69 Å². The lowest BCUT2D eigenvalue weighted by atomic mass is 10.2. The minimum Gasteiger partial charge on any atom is -0.251 e. The molecule has 0 fully saturated rings. The number of benzene rings is 1. The quantitative estimate of drug-likeness (QED) is 0.220. The molecular formula is C7H3F3I3N. The standard InChI is InChI=1S/C7H3F3I3N/c1-2-3(8)5(10)6(11)7(4(2)9)14(12)13/h1H3. The second-order valence-electron chi connectivity index (χ2n) is 2.46. The van der Waals surface area contributed by atoms with Gasteiger partial charge in [-0.3, -0.25) is 1.33 Å². The maximum absolute atomic E-state index is 13.5. The summed E-state index contributed by atoms with van der Waals surface area (Å²) >= 11 is 5.16. The van der Waals surface area contributed by atoms with Gasteiger partial charge in [0, 0.05) is 5.56 Å². The molecule has 0 heterocycles. The average Bonchev–Trinajstić information content (AvgIpc) is 2.11. The Hall–Kier alpha value is 1.000. The Morgan fingerprint density at radius 3 is 1.93 bits per heavy atom. The first-order valence-corrected chi connectivity index (χ1v) is 6.33. The Labute approximate surface area is 121 Å². The van der Waals surface area contributed by atoms with E-state index < -0.39 is 17.5 Å². The fourth-order valence-electron chi connectivity index (χ4n) is 0.884. The van der Waals surface area contributed by atoms with Crippen LogP contribution in [0.5, 0.6) is 0 Å². The van der Waals surface area contributed by atoms with Crippen LogP contribution in [0.4, 0.5) is 18.9 Å². The van der Waals surface area contributed by atoms with Gasteiger partial charge >= 0.3 is 0 Å². The third-order valence-electron chi connectivity index (χ3n) is 1.63. The smallest absolute Gasteiger partial charge is 0.174 e. The van der Waals surface area contributed by atoms with Crippen molar-refractivity contribution >= 4 is 74.0 Å². The van der Waals surface area contributed by atoms with Gasteiger partial charge in [-0.2, -0.15) is 0 Å². The molecule has 0 N–H and O–H groups in total. The summed E-state index contributed by atoms with van der Waals surface area (Å²) < 4.78 is 41.1. The van der Waals surface area contributed by atoms with Crippen LogP contribution in [0.15, 0.2) is 0 Å². The van der Waals surface area contributed by atoms with Gasteiger partial charge in [0.2, 0.25) is 0 Å². The lowest BCUT2D eigenvalue weighted by molar-refractivity contribution is 0.483. The largest absolute Gasteiger partial charge is 0.251 e. The average molecular weight is 539 g/mol. The molecule has 78 valence electrons. The molecule has 0 aliphatic carbocycles. The van der Waals surface area contributed by atoms with E-state index in [1.807, 2.05) is 0 Å². The van der Waals surface area contributed by atoms with Crippen LogP contribution in [0.3, 0.4) is 0 Å². The molecule has 1 rings (SSSR count). The highest BCUT2D eigenvalue weighted by Gasteiger charge is 2.23.